The minimum absolute atomic E-state index is 0.00222. The zero-order chi connectivity index (χ0) is 15.7. The Labute approximate surface area is 126 Å². The number of pyridine rings is 1. The number of halogens is 1. The summed E-state index contributed by atoms with van der Waals surface area (Å²) in [4.78, 5) is 16.5. The van der Waals surface area contributed by atoms with Crippen LogP contribution in [0.2, 0.25) is 0 Å². The molecule has 0 bridgehead atoms. The zero-order valence-corrected chi connectivity index (χ0v) is 11.9. The second-order valence-electron chi connectivity index (χ2n) is 5.02. The SMILES string of the molecule is Cc1cc(N)c2cc(NC(=O)c3ccccc3F)ccc2n1. The van der Waals surface area contributed by atoms with Crippen LogP contribution in [-0.2, 0) is 0 Å². The van der Waals surface area contributed by atoms with Crippen LogP contribution >= 0.6 is 0 Å². The molecule has 3 rings (SSSR count). The quantitative estimate of drug-likeness (QED) is 0.760. The number of fused-ring (bicyclic) bond motifs is 1. The standard InChI is InChI=1S/C17H14FN3O/c1-10-8-15(19)13-9-11(6-7-16(13)20-10)21-17(22)12-4-2-3-5-14(12)18/h2-9H,1H3,(H2,19,20)(H,21,22). The van der Waals surface area contributed by atoms with Gasteiger partial charge in [0.1, 0.15) is 5.82 Å². The van der Waals surface area contributed by atoms with Crippen molar-refractivity contribution in [1.29, 1.82) is 0 Å². The van der Waals surface area contributed by atoms with E-state index in [1.165, 1.54) is 18.2 Å². The van der Waals surface area contributed by atoms with E-state index in [2.05, 4.69) is 10.3 Å². The van der Waals surface area contributed by atoms with Gasteiger partial charge in [-0.15, -0.1) is 0 Å². The highest BCUT2D eigenvalue weighted by Gasteiger charge is 2.11. The summed E-state index contributed by atoms with van der Waals surface area (Å²) < 4.78 is 13.6. The maximum atomic E-state index is 13.6. The number of nitrogen functional groups attached to an aromatic ring is 1. The van der Waals surface area contributed by atoms with Crippen molar-refractivity contribution in [3.05, 3.63) is 65.6 Å². The molecule has 0 saturated heterocycles. The smallest absolute Gasteiger partial charge is 0.258 e. The molecule has 0 atom stereocenters. The maximum absolute atomic E-state index is 13.6. The van der Waals surface area contributed by atoms with Crippen molar-refractivity contribution in [3.8, 4) is 0 Å². The summed E-state index contributed by atoms with van der Waals surface area (Å²) in [6, 6.07) is 12.8. The fourth-order valence-electron chi connectivity index (χ4n) is 2.31. The first-order valence-corrected chi connectivity index (χ1v) is 6.77. The molecule has 2 aromatic carbocycles. The molecule has 0 saturated carbocycles. The Balaban J connectivity index is 1.95. The summed E-state index contributed by atoms with van der Waals surface area (Å²) in [6.45, 7) is 1.86. The number of aromatic nitrogens is 1. The number of nitrogens with one attached hydrogen (secondary N) is 1. The second-order valence-corrected chi connectivity index (χ2v) is 5.02. The number of hydrogen-bond donors (Lipinski definition) is 2. The van der Waals surface area contributed by atoms with Gasteiger partial charge in [-0.1, -0.05) is 12.1 Å². The predicted octanol–water partition coefficient (Wildman–Crippen LogP) is 3.52. The third-order valence-electron chi connectivity index (χ3n) is 3.35. The van der Waals surface area contributed by atoms with Crippen LogP contribution in [0, 0.1) is 12.7 Å². The summed E-state index contributed by atoms with van der Waals surface area (Å²) >= 11 is 0. The molecule has 0 unspecified atom stereocenters. The first-order chi connectivity index (χ1) is 10.5. The summed E-state index contributed by atoms with van der Waals surface area (Å²) in [6.07, 6.45) is 0. The van der Waals surface area contributed by atoms with Crippen molar-refractivity contribution in [3.63, 3.8) is 0 Å². The van der Waals surface area contributed by atoms with E-state index in [4.69, 9.17) is 5.73 Å². The molecule has 3 aromatic rings. The van der Waals surface area contributed by atoms with E-state index in [9.17, 15) is 9.18 Å². The molecule has 0 aliphatic rings. The average Bonchev–Trinajstić information content (AvgIpc) is 2.48. The molecule has 110 valence electrons. The van der Waals surface area contributed by atoms with Gasteiger partial charge < -0.3 is 11.1 Å². The van der Waals surface area contributed by atoms with E-state index >= 15 is 0 Å². The second kappa shape index (κ2) is 5.44. The molecule has 3 N–H and O–H groups in total. The van der Waals surface area contributed by atoms with Crippen LogP contribution < -0.4 is 11.1 Å². The van der Waals surface area contributed by atoms with Crippen molar-refractivity contribution >= 4 is 28.2 Å². The van der Waals surface area contributed by atoms with Crippen LogP contribution in [0.3, 0.4) is 0 Å². The summed E-state index contributed by atoms with van der Waals surface area (Å²) in [5.41, 5.74) is 8.68. The number of anilines is 2. The fraction of sp³-hybridized carbons (Fsp3) is 0.0588. The highest BCUT2D eigenvalue weighted by Crippen LogP contribution is 2.24. The monoisotopic (exact) mass is 295 g/mol. The van der Waals surface area contributed by atoms with E-state index in [0.29, 0.717) is 11.4 Å². The van der Waals surface area contributed by atoms with Crippen LogP contribution in [0.25, 0.3) is 10.9 Å². The van der Waals surface area contributed by atoms with Crippen LogP contribution in [0.15, 0.2) is 48.5 Å². The Hall–Kier alpha value is -2.95. The van der Waals surface area contributed by atoms with E-state index in [1.54, 1.807) is 30.3 Å². The summed E-state index contributed by atoms with van der Waals surface area (Å²) in [7, 11) is 0. The van der Waals surface area contributed by atoms with Crippen molar-refractivity contribution in [2.45, 2.75) is 6.92 Å². The number of amides is 1. The van der Waals surface area contributed by atoms with Gasteiger partial charge in [-0.05, 0) is 43.3 Å². The predicted molar refractivity (Wildman–Crippen MR) is 85.2 cm³/mol. The average molecular weight is 295 g/mol. The molecular formula is C17H14FN3O. The van der Waals surface area contributed by atoms with E-state index in [0.717, 1.165) is 16.6 Å². The van der Waals surface area contributed by atoms with E-state index in [-0.39, 0.29) is 5.56 Å². The Morgan fingerprint density at radius 1 is 1.18 bits per heavy atom. The van der Waals surface area contributed by atoms with Crippen molar-refractivity contribution < 1.29 is 9.18 Å². The van der Waals surface area contributed by atoms with Gasteiger partial charge in [0.15, 0.2) is 0 Å². The molecule has 0 radical (unpaired) electrons. The first-order valence-electron chi connectivity index (χ1n) is 6.77. The molecule has 0 aliphatic carbocycles. The van der Waals surface area contributed by atoms with Crippen LogP contribution in [0.1, 0.15) is 16.1 Å². The molecular weight excluding hydrogens is 281 g/mol. The van der Waals surface area contributed by atoms with Crippen molar-refractivity contribution in [1.82, 2.24) is 4.98 Å². The molecule has 5 heteroatoms. The number of nitrogens with two attached hydrogens (primary N) is 1. The van der Waals surface area contributed by atoms with Crippen molar-refractivity contribution in [2.24, 2.45) is 0 Å². The number of carbonyl (C=O) groups is 1. The minimum atomic E-state index is -0.558. The number of hydrogen-bond acceptors (Lipinski definition) is 3. The topological polar surface area (TPSA) is 68.0 Å². The fourth-order valence-corrected chi connectivity index (χ4v) is 2.31. The van der Waals surface area contributed by atoms with Crippen LogP contribution in [-0.4, -0.2) is 10.9 Å². The Kier molecular flexibility index (Phi) is 3.47. The van der Waals surface area contributed by atoms with Crippen LogP contribution in [0.5, 0.6) is 0 Å². The molecule has 0 aliphatic heterocycles. The third kappa shape index (κ3) is 2.61. The summed E-state index contributed by atoms with van der Waals surface area (Å²) in [5, 5.41) is 3.42. The Morgan fingerprint density at radius 3 is 2.73 bits per heavy atom. The molecule has 22 heavy (non-hydrogen) atoms. The summed E-state index contributed by atoms with van der Waals surface area (Å²) in [5.74, 6) is -1.06. The lowest BCUT2D eigenvalue weighted by atomic mass is 10.1. The van der Waals surface area contributed by atoms with Gasteiger partial charge >= 0.3 is 0 Å². The molecule has 1 heterocycles. The van der Waals surface area contributed by atoms with Gasteiger partial charge in [-0.2, -0.15) is 0 Å². The van der Waals surface area contributed by atoms with Gasteiger partial charge in [-0.25, -0.2) is 4.39 Å². The van der Waals surface area contributed by atoms with E-state index < -0.39 is 11.7 Å². The largest absolute Gasteiger partial charge is 0.398 e. The number of rotatable bonds is 2. The number of carbonyl (C=O) groups excluding carboxylic acids is 1. The van der Waals surface area contributed by atoms with Gasteiger partial charge in [0.05, 0.1) is 11.1 Å². The third-order valence-corrected chi connectivity index (χ3v) is 3.35. The van der Waals surface area contributed by atoms with Gasteiger partial charge in [-0.3, -0.25) is 9.78 Å². The zero-order valence-electron chi connectivity index (χ0n) is 11.9. The van der Waals surface area contributed by atoms with E-state index in [1.807, 2.05) is 6.92 Å². The number of benzene rings is 2. The molecule has 1 aromatic heterocycles. The molecule has 0 fully saturated rings. The number of aryl methyl sites for hydroxylation is 1. The lowest BCUT2D eigenvalue weighted by Crippen LogP contribution is -2.13. The van der Waals surface area contributed by atoms with Gasteiger partial charge in [0.2, 0.25) is 0 Å². The Bertz CT molecular complexity index is 877. The highest BCUT2D eigenvalue weighted by molar-refractivity contribution is 6.05. The first kappa shape index (κ1) is 14.0. The van der Waals surface area contributed by atoms with Gasteiger partial charge in [0, 0.05) is 22.5 Å². The lowest BCUT2D eigenvalue weighted by Gasteiger charge is -2.09. The molecule has 0 spiro atoms. The number of nitrogens with zero attached hydrogens (tertiary/aromatic N) is 1. The minimum Gasteiger partial charge on any atom is -0.398 e. The molecule has 4 nitrogen and oxygen atoms in total. The Morgan fingerprint density at radius 2 is 1.95 bits per heavy atom. The normalized spacial score (nSPS) is 10.6. The van der Waals surface area contributed by atoms with Crippen LogP contribution in [0.4, 0.5) is 15.8 Å². The van der Waals surface area contributed by atoms with Gasteiger partial charge in [0.25, 0.3) is 5.91 Å². The molecule has 1 amide bonds. The maximum Gasteiger partial charge on any atom is 0.258 e. The lowest BCUT2D eigenvalue weighted by molar-refractivity contribution is 0.102. The highest BCUT2D eigenvalue weighted by atomic mass is 19.1. The van der Waals surface area contributed by atoms with Crippen molar-refractivity contribution in [2.75, 3.05) is 11.1 Å².